The highest BCUT2D eigenvalue weighted by atomic mass is 19.1. The molecule has 0 unspecified atom stereocenters. The highest BCUT2D eigenvalue weighted by Crippen LogP contribution is 2.12. The first-order chi connectivity index (χ1) is 8.49. The SMILES string of the molecule is Cc1cc(F)ccc1CC(=O)CCCNC(C)C. The molecule has 1 N–H and O–H groups in total. The molecule has 0 bridgehead atoms. The van der Waals surface area contributed by atoms with E-state index >= 15 is 0 Å². The summed E-state index contributed by atoms with van der Waals surface area (Å²) in [5.41, 5.74) is 1.78. The summed E-state index contributed by atoms with van der Waals surface area (Å²) in [5.74, 6) is -0.0277. The molecule has 3 heteroatoms. The number of rotatable bonds is 7. The number of hydrogen-bond donors (Lipinski definition) is 1. The molecular formula is C15H22FNO. The number of carbonyl (C=O) groups is 1. The van der Waals surface area contributed by atoms with E-state index in [-0.39, 0.29) is 11.6 Å². The van der Waals surface area contributed by atoms with Crippen LogP contribution in [-0.2, 0) is 11.2 Å². The average Bonchev–Trinajstić information content (AvgIpc) is 2.28. The van der Waals surface area contributed by atoms with E-state index < -0.39 is 0 Å². The van der Waals surface area contributed by atoms with Crippen molar-refractivity contribution in [2.45, 2.75) is 46.1 Å². The molecule has 1 aromatic carbocycles. The van der Waals surface area contributed by atoms with E-state index in [1.165, 1.54) is 12.1 Å². The Morgan fingerprint density at radius 2 is 2.11 bits per heavy atom. The largest absolute Gasteiger partial charge is 0.315 e. The van der Waals surface area contributed by atoms with E-state index in [4.69, 9.17) is 0 Å². The fraction of sp³-hybridized carbons (Fsp3) is 0.533. The summed E-state index contributed by atoms with van der Waals surface area (Å²) in [6, 6.07) is 5.05. The zero-order chi connectivity index (χ0) is 13.5. The van der Waals surface area contributed by atoms with Crippen LogP contribution in [0.3, 0.4) is 0 Å². The van der Waals surface area contributed by atoms with E-state index in [1.54, 1.807) is 6.07 Å². The van der Waals surface area contributed by atoms with Crippen LogP contribution >= 0.6 is 0 Å². The number of Topliss-reactive ketones (excluding diaryl/α,β-unsaturated/α-hetero) is 1. The third kappa shape index (κ3) is 5.41. The van der Waals surface area contributed by atoms with Crippen molar-refractivity contribution < 1.29 is 9.18 Å². The fourth-order valence-corrected chi connectivity index (χ4v) is 1.83. The molecule has 100 valence electrons. The molecule has 0 radical (unpaired) electrons. The average molecular weight is 251 g/mol. The van der Waals surface area contributed by atoms with Crippen molar-refractivity contribution >= 4 is 5.78 Å². The Morgan fingerprint density at radius 1 is 1.39 bits per heavy atom. The van der Waals surface area contributed by atoms with Crippen molar-refractivity contribution in [1.82, 2.24) is 5.32 Å². The summed E-state index contributed by atoms with van der Waals surface area (Å²) in [6.07, 6.45) is 1.85. The Bertz CT molecular complexity index is 401. The van der Waals surface area contributed by atoms with E-state index in [0.717, 1.165) is 24.1 Å². The van der Waals surface area contributed by atoms with Gasteiger partial charge in [0.15, 0.2) is 0 Å². The Kier molecular flexibility index (Phi) is 5.99. The number of benzene rings is 1. The van der Waals surface area contributed by atoms with Gasteiger partial charge in [-0.25, -0.2) is 4.39 Å². The quantitative estimate of drug-likeness (QED) is 0.755. The predicted octanol–water partition coefficient (Wildman–Crippen LogP) is 3.02. The van der Waals surface area contributed by atoms with Gasteiger partial charge in [0.05, 0.1) is 0 Å². The molecule has 0 aliphatic rings. The summed E-state index contributed by atoms with van der Waals surface area (Å²) in [6.45, 7) is 6.88. The Morgan fingerprint density at radius 3 is 2.72 bits per heavy atom. The summed E-state index contributed by atoms with van der Waals surface area (Å²) < 4.78 is 12.9. The maximum absolute atomic E-state index is 12.9. The number of carbonyl (C=O) groups excluding carboxylic acids is 1. The Labute approximate surface area is 109 Å². The molecule has 0 aliphatic heterocycles. The first-order valence-electron chi connectivity index (χ1n) is 6.49. The lowest BCUT2D eigenvalue weighted by Gasteiger charge is -2.08. The van der Waals surface area contributed by atoms with E-state index in [0.29, 0.717) is 18.9 Å². The highest BCUT2D eigenvalue weighted by molar-refractivity contribution is 5.81. The lowest BCUT2D eigenvalue weighted by atomic mass is 10.0. The van der Waals surface area contributed by atoms with E-state index in [1.807, 2.05) is 6.92 Å². The maximum Gasteiger partial charge on any atom is 0.137 e. The second-order valence-corrected chi connectivity index (χ2v) is 5.00. The number of aryl methyl sites for hydroxylation is 1. The van der Waals surface area contributed by atoms with Gasteiger partial charge in [-0.1, -0.05) is 19.9 Å². The molecule has 1 aromatic rings. The second-order valence-electron chi connectivity index (χ2n) is 5.00. The van der Waals surface area contributed by atoms with Crippen LogP contribution in [0, 0.1) is 12.7 Å². The van der Waals surface area contributed by atoms with Crippen LogP contribution in [0.15, 0.2) is 18.2 Å². The molecule has 2 nitrogen and oxygen atoms in total. The molecule has 18 heavy (non-hydrogen) atoms. The van der Waals surface area contributed by atoms with Crippen molar-refractivity contribution in [2.24, 2.45) is 0 Å². The molecule has 0 atom stereocenters. The summed E-state index contributed by atoms with van der Waals surface area (Å²) >= 11 is 0. The molecule has 0 spiro atoms. The number of nitrogens with one attached hydrogen (secondary N) is 1. The maximum atomic E-state index is 12.9. The monoisotopic (exact) mass is 251 g/mol. The smallest absolute Gasteiger partial charge is 0.137 e. The highest BCUT2D eigenvalue weighted by Gasteiger charge is 2.07. The lowest BCUT2D eigenvalue weighted by molar-refractivity contribution is -0.118. The Hall–Kier alpha value is -1.22. The number of hydrogen-bond acceptors (Lipinski definition) is 2. The standard InChI is InChI=1S/C15H22FNO/c1-11(2)17-8-4-5-15(18)10-13-6-7-14(16)9-12(13)3/h6-7,9,11,17H,4-5,8,10H2,1-3H3. The predicted molar refractivity (Wildman–Crippen MR) is 72.2 cm³/mol. The Balaban J connectivity index is 2.35. The van der Waals surface area contributed by atoms with Crippen LogP contribution in [0.1, 0.15) is 37.8 Å². The van der Waals surface area contributed by atoms with Gasteiger partial charge >= 0.3 is 0 Å². The van der Waals surface area contributed by atoms with E-state index in [9.17, 15) is 9.18 Å². The second kappa shape index (κ2) is 7.27. The zero-order valence-corrected chi connectivity index (χ0v) is 11.4. The molecule has 0 saturated carbocycles. The van der Waals surface area contributed by atoms with Gasteiger partial charge in [-0.15, -0.1) is 0 Å². The third-order valence-corrected chi connectivity index (χ3v) is 2.88. The normalized spacial score (nSPS) is 10.9. The molecule has 0 amide bonds. The van der Waals surface area contributed by atoms with Gasteiger partial charge in [-0.3, -0.25) is 4.79 Å². The van der Waals surface area contributed by atoms with Crippen LogP contribution in [0.2, 0.25) is 0 Å². The first kappa shape index (κ1) is 14.8. The molecule has 0 fully saturated rings. The number of halogens is 1. The van der Waals surface area contributed by atoms with Crippen LogP contribution in [-0.4, -0.2) is 18.4 Å². The third-order valence-electron chi connectivity index (χ3n) is 2.88. The van der Waals surface area contributed by atoms with Gasteiger partial charge < -0.3 is 5.32 Å². The summed E-state index contributed by atoms with van der Waals surface area (Å²) in [4.78, 5) is 11.8. The van der Waals surface area contributed by atoms with Crippen molar-refractivity contribution in [1.29, 1.82) is 0 Å². The summed E-state index contributed by atoms with van der Waals surface area (Å²) in [5, 5.41) is 3.28. The summed E-state index contributed by atoms with van der Waals surface area (Å²) in [7, 11) is 0. The van der Waals surface area contributed by atoms with Gasteiger partial charge in [0.1, 0.15) is 11.6 Å². The van der Waals surface area contributed by atoms with Crippen LogP contribution in [0.4, 0.5) is 4.39 Å². The van der Waals surface area contributed by atoms with Gasteiger partial charge in [0, 0.05) is 18.9 Å². The van der Waals surface area contributed by atoms with Crippen molar-refractivity contribution in [3.8, 4) is 0 Å². The molecule has 0 aromatic heterocycles. The molecule has 0 saturated heterocycles. The fourth-order valence-electron chi connectivity index (χ4n) is 1.83. The minimum Gasteiger partial charge on any atom is -0.315 e. The zero-order valence-electron chi connectivity index (χ0n) is 11.4. The first-order valence-corrected chi connectivity index (χ1v) is 6.49. The molecule has 0 aliphatic carbocycles. The topological polar surface area (TPSA) is 29.1 Å². The van der Waals surface area contributed by atoms with Gasteiger partial charge in [0.25, 0.3) is 0 Å². The van der Waals surface area contributed by atoms with Gasteiger partial charge in [-0.2, -0.15) is 0 Å². The van der Waals surface area contributed by atoms with Crippen LogP contribution in [0.5, 0.6) is 0 Å². The van der Waals surface area contributed by atoms with Crippen molar-refractivity contribution in [3.63, 3.8) is 0 Å². The number of ketones is 1. The van der Waals surface area contributed by atoms with Crippen molar-refractivity contribution in [3.05, 3.63) is 35.1 Å². The van der Waals surface area contributed by atoms with Gasteiger partial charge in [0.2, 0.25) is 0 Å². The minimum atomic E-state index is -0.246. The van der Waals surface area contributed by atoms with Gasteiger partial charge in [-0.05, 0) is 43.1 Å². The van der Waals surface area contributed by atoms with E-state index in [2.05, 4.69) is 19.2 Å². The minimum absolute atomic E-state index is 0.218. The molecular weight excluding hydrogens is 229 g/mol. The molecule has 1 rings (SSSR count). The van der Waals surface area contributed by atoms with Crippen molar-refractivity contribution in [2.75, 3.05) is 6.54 Å². The lowest BCUT2D eigenvalue weighted by Crippen LogP contribution is -2.24. The van der Waals surface area contributed by atoms with Crippen LogP contribution < -0.4 is 5.32 Å². The van der Waals surface area contributed by atoms with Crippen LogP contribution in [0.25, 0.3) is 0 Å². The molecule has 0 heterocycles.